The maximum Gasteiger partial charge on any atom is 0.158 e. The molecule has 1 aliphatic rings. The van der Waals surface area contributed by atoms with E-state index in [4.69, 9.17) is 16.3 Å². The quantitative estimate of drug-likeness (QED) is 0.785. The Hall–Kier alpha value is -0.910. The molecule has 1 aliphatic carbocycles. The van der Waals surface area contributed by atoms with Crippen molar-refractivity contribution in [2.24, 2.45) is 5.92 Å². The molecular weight excluding hydrogens is 266 g/mol. The summed E-state index contributed by atoms with van der Waals surface area (Å²) in [6.07, 6.45) is 3.24. The SMILES string of the molecule is CCOCc1nc(Cl)cc(NC2CCCC2CO)n1. The first-order valence-corrected chi connectivity index (χ1v) is 7.09. The van der Waals surface area contributed by atoms with Crippen molar-refractivity contribution in [2.45, 2.75) is 38.8 Å². The van der Waals surface area contributed by atoms with Crippen LogP contribution in [-0.4, -0.2) is 34.3 Å². The minimum Gasteiger partial charge on any atom is -0.396 e. The molecule has 1 aromatic rings. The summed E-state index contributed by atoms with van der Waals surface area (Å²) in [5.41, 5.74) is 0. The number of halogens is 1. The van der Waals surface area contributed by atoms with Crippen molar-refractivity contribution in [3.05, 3.63) is 17.0 Å². The lowest BCUT2D eigenvalue weighted by Crippen LogP contribution is -2.27. The van der Waals surface area contributed by atoms with Gasteiger partial charge in [-0.2, -0.15) is 0 Å². The van der Waals surface area contributed by atoms with Crippen molar-refractivity contribution in [3.63, 3.8) is 0 Å². The molecule has 106 valence electrons. The topological polar surface area (TPSA) is 67.3 Å². The number of nitrogens with zero attached hydrogens (tertiary/aromatic N) is 2. The molecule has 19 heavy (non-hydrogen) atoms. The van der Waals surface area contributed by atoms with Crippen LogP contribution in [0, 0.1) is 5.92 Å². The minimum atomic E-state index is 0.211. The van der Waals surface area contributed by atoms with Crippen molar-refractivity contribution in [3.8, 4) is 0 Å². The maximum absolute atomic E-state index is 9.32. The van der Waals surface area contributed by atoms with Gasteiger partial charge < -0.3 is 15.2 Å². The van der Waals surface area contributed by atoms with Crippen LogP contribution in [0.1, 0.15) is 32.0 Å². The van der Waals surface area contributed by atoms with Gasteiger partial charge in [0, 0.05) is 31.2 Å². The molecule has 0 aliphatic heterocycles. The van der Waals surface area contributed by atoms with E-state index in [9.17, 15) is 5.11 Å². The standard InChI is InChI=1S/C13H20ClN3O2/c1-2-19-8-13-16-11(14)6-12(17-13)15-10-5-3-4-9(10)7-18/h6,9-10,18H,2-5,7-8H2,1H3,(H,15,16,17). The summed E-state index contributed by atoms with van der Waals surface area (Å²) < 4.78 is 5.29. The van der Waals surface area contributed by atoms with E-state index < -0.39 is 0 Å². The van der Waals surface area contributed by atoms with E-state index in [2.05, 4.69) is 15.3 Å². The van der Waals surface area contributed by atoms with Crippen LogP contribution in [0.15, 0.2) is 6.07 Å². The first-order chi connectivity index (χ1) is 9.22. The summed E-state index contributed by atoms with van der Waals surface area (Å²) in [5, 5.41) is 13.1. The van der Waals surface area contributed by atoms with Gasteiger partial charge in [0.05, 0.1) is 0 Å². The molecule has 0 aromatic carbocycles. The predicted molar refractivity (Wildman–Crippen MR) is 74.2 cm³/mol. The number of aliphatic hydroxyl groups is 1. The molecule has 1 heterocycles. The Morgan fingerprint density at radius 3 is 3.05 bits per heavy atom. The monoisotopic (exact) mass is 285 g/mol. The molecule has 1 saturated carbocycles. The van der Waals surface area contributed by atoms with Gasteiger partial charge in [-0.25, -0.2) is 9.97 Å². The van der Waals surface area contributed by atoms with E-state index in [0.29, 0.717) is 35.9 Å². The zero-order valence-corrected chi connectivity index (χ0v) is 11.9. The Kier molecular flexibility index (Phi) is 5.36. The highest BCUT2D eigenvalue weighted by Gasteiger charge is 2.26. The largest absolute Gasteiger partial charge is 0.396 e. The fourth-order valence-corrected chi connectivity index (χ4v) is 2.63. The van der Waals surface area contributed by atoms with Gasteiger partial charge >= 0.3 is 0 Å². The van der Waals surface area contributed by atoms with Gasteiger partial charge in [0.1, 0.15) is 17.6 Å². The second kappa shape index (κ2) is 7.03. The van der Waals surface area contributed by atoms with Crippen molar-refractivity contribution < 1.29 is 9.84 Å². The molecule has 2 atom stereocenters. The van der Waals surface area contributed by atoms with E-state index >= 15 is 0 Å². The van der Waals surface area contributed by atoms with Crippen molar-refractivity contribution in [1.82, 2.24) is 9.97 Å². The number of hydrogen-bond acceptors (Lipinski definition) is 5. The van der Waals surface area contributed by atoms with E-state index in [0.717, 1.165) is 19.3 Å². The lowest BCUT2D eigenvalue weighted by molar-refractivity contribution is 0.128. The summed E-state index contributed by atoms with van der Waals surface area (Å²) in [7, 11) is 0. The van der Waals surface area contributed by atoms with Crippen LogP contribution in [0.25, 0.3) is 0 Å². The van der Waals surface area contributed by atoms with Crippen LogP contribution in [0.2, 0.25) is 5.15 Å². The zero-order chi connectivity index (χ0) is 13.7. The Labute approximate surface area is 118 Å². The summed E-state index contributed by atoms with van der Waals surface area (Å²) in [4.78, 5) is 8.52. The van der Waals surface area contributed by atoms with Crippen LogP contribution in [0.4, 0.5) is 5.82 Å². The Bertz CT molecular complexity index is 417. The highest BCUT2D eigenvalue weighted by molar-refractivity contribution is 6.29. The second-order valence-electron chi connectivity index (χ2n) is 4.75. The normalized spacial score (nSPS) is 22.7. The maximum atomic E-state index is 9.32. The molecule has 2 rings (SSSR count). The van der Waals surface area contributed by atoms with E-state index in [-0.39, 0.29) is 12.6 Å². The number of nitrogens with one attached hydrogen (secondary N) is 1. The van der Waals surface area contributed by atoms with Gasteiger partial charge in [-0.1, -0.05) is 18.0 Å². The van der Waals surface area contributed by atoms with Crippen LogP contribution < -0.4 is 5.32 Å². The number of hydrogen-bond donors (Lipinski definition) is 2. The van der Waals surface area contributed by atoms with Gasteiger partial charge in [-0.15, -0.1) is 0 Å². The number of aromatic nitrogens is 2. The lowest BCUT2D eigenvalue weighted by Gasteiger charge is -2.19. The summed E-state index contributed by atoms with van der Waals surface area (Å²) in [6.45, 7) is 3.12. The molecule has 0 amide bonds. The van der Waals surface area contributed by atoms with Crippen LogP contribution in [0.3, 0.4) is 0 Å². The average molecular weight is 286 g/mol. The van der Waals surface area contributed by atoms with Crippen LogP contribution in [-0.2, 0) is 11.3 Å². The third-order valence-corrected chi connectivity index (χ3v) is 3.60. The Balaban J connectivity index is 2.04. The van der Waals surface area contributed by atoms with Gasteiger partial charge in [-0.3, -0.25) is 0 Å². The number of rotatable bonds is 6. The smallest absolute Gasteiger partial charge is 0.158 e. The third kappa shape index (κ3) is 4.03. The average Bonchev–Trinajstić information content (AvgIpc) is 2.83. The molecule has 1 aromatic heterocycles. The highest BCUT2D eigenvalue weighted by atomic mass is 35.5. The fourth-order valence-electron chi connectivity index (χ4n) is 2.43. The van der Waals surface area contributed by atoms with Crippen LogP contribution in [0.5, 0.6) is 0 Å². The fraction of sp³-hybridized carbons (Fsp3) is 0.692. The predicted octanol–water partition coefficient (Wildman–Crippen LogP) is 2.24. The number of ether oxygens (including phenoxy) is 1. The van der Waals surface area contributed by atoms with Gasteiger partial charge in [-0.05, 0) is 19.8 Å². The second-order valence-corrected chi connectivity index (χ2v) is 5.14. The summed E-state index contributed by atoms with van der Waals surface area (Å²) in [5.74, 6) is 1.58. The molecule has 1 fully saturated rings. The number of anilines is 1. The third-order valence-electron chi connectivity index (χ3n) is 3.40. The Morgan fingerprint density at radius 1 is 1.47 bits per heavy atom. The van der Waals surface area contributed by atoms with Gasteiger partial charge in [0.15, 0.2) is 5.82 Å². The lowest BCUT2D eigenvalue weighted by atomic mass is 10.1. The van der Waals surface area contributed by atoms with E-state index in [1.807, 2.05) is 6.92 Å². The molecule has 2 unspecified atom stereocenters. The molecule has 2 N–H and O–H groups in total. The minimum absolute atomic E-state index is 0.211. The summed E-state index contributed by atoms with van der Waals surface area (Å²) in [6, 6.07) is 1.97. The molecule has 0 radical (unpaired) electrons. The van der Waals surface area contributed by atoms with Crippen LogP contribution >= 0.6 is 11.6 Å². The Morgan fingerprint density at radius 2 is 2.32 bits per heavy atom. The molecule has 5 nitrogen and oxygen atoms in total. The molecule has 0 saturated heterocycles. The zero-order valence-electron chi connectivity index (χ0n) is 11.1. The van der Waals surface area contributed by atoms with Crippen molar-refractivity contribution in [2.75, 3.05) is 18.5 Å². The molecule has 6 heteroatoms. The van der Waals surface area contributed by atoms with E-state index in [1.165, 1.54) is 0 Å². The summed E-state index contributed by atoms with van der Waals surface area (Å²) >= 11 is 5.99. The van der Waals surface area contributed by atoms with E-state index in [1.54, 1.807) is 6.07 Å². The van der Waals surface area contributed by atoms with Crippen molar-refractivity contribution in [1.29, 1.82) is 0 Å². The number of aliphatic hydroxyl groups excluding tert-OH is 1. The van der Waals surface area contributed by atoms with Gasteiger partial charge in [0.25, 0.3) is 0 Å². The molecular formula is C13H20ClN3O2. The first-order valence-electron chi connectivity index (χ1n) is 6.71. The van der Waals surface area contributed by atoms with Gasteiger partial charge in [0.2, 0.25) is 0 Å². The molecule has 0 spiro atoms. The highest BCUT2D eigenvalue weighted by Crippen LogP contribution is 2.28. The van der Waals surface area contributed by atoms with Crippen molar-refractivity contribution >= 4 is 17.4 Å². The first kappa shape index (κ1) is 14.5. The molecule has 0 bridgehead atoms.